The maximum Gasteiger partial charge on any atom is 0.251 e. The zero-order chi connectivity index (χ0) is 13.5. The number of hydrogen-bond donors (Lipinski definition) is 3. The predicted molar refractivity (Wildman–Crippen MR) is 75.3 cm³/mol. The molecule has 1 aromatic heterocycles. The first kappa shape index (κ1) is 13.5. The lowest BCUT2D eigenvalue weighted by Gasteiger charge is -2.06. The minimum atomic E-state index is -0.178. The number of carbonyl (C=O) groups is 1. The van der Waals surface area contributed by atoms with Crippen LogP contribution in [0.3, 0.4) is 0 Å². The molecule has 1 aromatic carbocycles. The van der Waals surface area contributed by atoms with Gasteiger partial charge >= 0.3 is 0 Å². The van der Waals surface area contributed by atoms with Crippen molar-refractivity contribution < 1.29 is 9.90 Å². The van der Waals surface area contributed by atoms with Crippen LogP contribution in [0.4, 0.5) is 5.69 Å². The highest BCUT2D eigenvalue weighted by Crippen LogP contribution is 2.12. The monoisotopic (exact) mass is 277 g/mol. The Bertz CT molecular complexity index is 511. The molecule has 5 nitrogen and oxygen atoms in total. The van der Waals surface area contributed by atoms with Gasteiger partial charge < -0.3 is 15.7 Å². The summed E-state index contributed by atoms with van der Waals surface area (Å²) >= 11 is 1.60. The SMILES string of the molecule is O=C(NCCO)c1ccc(NCc2cncs2)cc1. The van der Waals surface area contributed by atoms with Crippen molar-refractivity contribution in [1.29, 1.82) is 0 Å². The Morgan fingerprint density at radius 1 is 1.32 bits per heavy atom. The fraction of sp³-hybridized carbons (Fsp3) is 0.231. The second-order valence-corrected chi connectivity index (χ2v) is 4.85. The lowest BCUT2D eigenvalue weighted by molar-refractivity contribution is 0.0945. The molecule has 0 aliphatic carbocycles. The van der Waals surface area contributed by atoms with E-state index in [1.165, 1.54) is 0 Å². The van der Waals surface area contributed by atoms with Crippen LogP contribution >= 0.6 is 11.3 Å². The molecule has 3 N–H and O–H groups in total. The van der Waals surface area contributed by atoms with Gasteiger partial charge in [0.2, 0.25) is 0 Å². The van der Waals surface area contributed by atoms with Crippen molar-refractivity contribution in [3.8, 4) is 0 Å². The van der Waals surface area contributed by atoms with Crippen molar-refractivity contribution in [3.05, 3.63) is 46.4 Å². The molecule has 0 bridgehead atoms. The van der Waals surface area contributed by atoms with Crippen LogP contribution in [0.2, 0.25) is 0 Å². The fourth-order valence-corrected chi connectivity index (χ4v) is 2.06. The second-order valence-electron chi connectivity index (χ2n) is 3.88. The van der Waals surface area contributed by atoms with Gasteiger partial charge in [-0.2, -0.15) is 0 Å². The highest BCUT2D eigenvalue weighted by Gasteiger charge is 2.04. The van der Waals surface area contributed by atoms with E-state index in [1.807, 2.05) is 18.3 Å². The van der Waals surface area contributed by atoms with Crippen molar-refractivity contribution in [3.63, 3.8) is 0 Å². The first-order valence-corrected chi connectivity index (χ1v) is 6.78. The van der Waals surface area contributed by atoms with Gasteiger partial charge in [-0.1, -0.05) is 0 Å². The third-order valence-corrected chi connectivity index (χ3v) is 3.27. The van der Waals surface area contributed by atoms with Crippen LogP contribution in [-0.2, 0) is 6.54 Å². The Kier molecular flexibility index (Phi) is 4.88. The van der Waals surface area contributed by atoms with E-state index in [2.05, 4.69) is 15.6 Å². The number of benzene rings is 1. The van der Waals surface area contributed by atoms with Gasteiger partial charge in [-0.25, -0.2) is 0 Å². The lowest BCUT2D eigenvalue weighted by Crippen LogP contribution is -2.26. The van der Waals surface area contributed by atoms with Gasteiger partial charge in [-0.15, -0.1) is 11.3 Å². The molecule has 0 aliphatic heterocycles. The zero-order valence-electron chi connectivity index (χ0n) is 10.3. The Balaban J connectivity index is 1.89. The Hall–Kier alpha value is -1.92. The normalized spacial score (nSPS) is 10.2. The van der Waals surface area contributed by atoms with Gasteiger partial charge in [-0.3, -0.25) is 9.78 Å². The zero-order valence-corrected chi connectivity index (χ0v) is 11.1. The molecular formula is C13H15N3O2S. The van der Waals surface area contributed by atoms with Gasteiger partial charge in [0.25, 0.3) is 5.91 Å². The van der Waals surface area contributed by atoms with Crippen LogP contribution in [0.1, 0.15) is 15.2 Å². The van der Waals surface area contributed by atoms with Crippen molar-refractivity contribution in [2.45, 2.75) is 6.54 Å². The largest absolute Gasteiger partial charge is 0.395 e. The number of thiazole rings is 1. The third-order valence-electron chi connectivity index (χ3n) is 2.49. The van der Waals surface area contributed by atoms with E-state index in [0.717, 1.165) is 17.1 Å². The van der Waals surface area contributed by atoms with E-state index in [9.17, 15) is 4.79 Å². The standard InChI is InChI=1S/C13H15N3O2S/c17-6-5-15-13(18)10-1-3-11(4-2-10)16-8-12-7-14-9-19-12/h1-4,7,9,16-17H,5-6,8H2,(H,15,18). The van der Waals surface area contributed by atoms with E-state index >= 15 is 0 Å². The van der Waals surface area contributed by atoms with Gasteiger partial charge in [0.1, 0.15) is 0 Å². The number of nitrogens with one attached hydrogen (secondary N) is 2. The van der Waals surface area contributed by atoms with E-state index in [-0.39, 0.29) is 19.1 Å². The molecule has 0 radical (unpaired) electrons. The Morgan fingerprint density at radius 2 is 2.11 bits per heavy atom. The summed E-state index contributed by atoms with van der Waals surface area (Å²) in [5.41, 5.74) is 3.33. The first-order chi connectivity index (χ1) is 9.29. The van der Waals surface area contributed by atoms with E-state index < -0.39 is 0 Å². The molecule has 0 saturated heterocycles. The molecule has 19 heavy (non-hydrogen) atoms. The van der Waals surface area contributed by atoms with E-state index in [4.69, 9.17) is 5.11 Å². The molecule has 0 unspecified atom stereocenters. The average Bonchev–Trinajstić information content (AvgIpc) is 2.96. The molecule has 0 saturated carbocycles. The average molecular weight is 277 g/mol. The Morgan fingerprint density at radius 3 is 2.74 bits per heavy atom. The smallest absolute Gasteiger partial charge is 0.251 e. The van der Waals surface area contributed by atoms with Crippen LogP contribution in [-0.4, -0.2) is 29.1 Å². The van der Waals surface area contributed by atoms with Crippen LogP contribution in [0.5, 0.6) is 0 Å². The van der Waals surface area contributed by atoms with Crippen LogP contribution in [0.15, 0.2) is 36.0 Å². The molecule has 0 aliphatic rings. The van der Waals surface area contributed by atoms with Crippen molar-refractivity contribution in [2.24, 2.45) is 0 Å². The van der Waals surface area contributed by atoms with Crippen molar-refractivity contribution >= 4 is 22.9 Å². The minimum absolute atomic E-state index is 0.0553. The number of carbonyl (C=O) groups excluding carboxylic acids is 1. The number of anilines is 1. The fourth-order valence-electron chi connectivity index (χ4n) is 1.53. The quantitative estimate of drug-likeness (QED) is 0.747. The molecule has 100 valence electrons. The maximum atomic E-state index is 11.6. The van der Waals surface area contributed by atoms with Gasteiger partial charge in [0.15, 0.2) is 0 Å². The summed E-state index contributed by atoms with van der Waals surface area (Å²) in [5, 5.41) is 14.5. The molecule has 2 aromatic rings. The van der Waals surface area contributed by atoms with Gasteiger partial charge in [-0.05, 0) is 24.3 Å². The molecule has 0 atom stereocenters. The summed E-state index contributed by atoms with van der Waals surface area (Å²) in [6, 6.07) is 7.22. The van der Waals surface area contributed by atoms with E-state index in [0.29, 0.717) is 5.56 Å². The number of rotatable bonds is 6. The highest BCUT2D eigenvalue weighted by molar-refractivity contribution is 7.09. The summed E-state index contributed by atoms with van der Waals surface area (Å²) in [6.45, 7) is 0.936. The topological polar surface area (TPSA) is 74.2 Å². The molecule has 2 rings (SSSR count). The van der Waals surface area contributed by atoms with Gasteiger partial charge in [0, 0.05) is 28.9 Å². The summed E-state index contributed by atoms with van der Waals surface area (Å²) in [5.74, 6) is -0.178. The maximum absolute atomic E-state index is 11.6. The molecule has 0 spiro atoms. The molecule has 6 heteroatoms. The van der Waals surface area contributed by atoms with Crippen molar-refractivity contribution in [2.75, 3.05) is 18.5 Å². The summed E-state index contributed by atoms with van der Waals surface area (Å²) < 4.78 is 0. The Labute approximate surface area is 115 Å². The second kappa shape index (κ2) is 6.86. The number of nitrogens with zero attached hydrogens (tertiary/aromatic N) is 1. The molecule has 1 amide bonds. The molecule has 0 fully saturated rings. The highest BCUT2D eigenvalue weighted by atomic mass is 32.1. The van der Waals surface area contributed by atoms with Crippen LogP contribution < -0.4 is 10.6 Å². The molecule has 1 heterocycles. The summed E-state index contributed by atoms with van der Waals surface area (Å²) in [6.07, 6.45) is 1.83. The number of aromatic nitrogens is 1. The van der Waals surface area contributed by atoms with Crippen LogP contribution in [0.25, 0.3) is 0 Å². The number of hydrogen-bond acceptors (Lipinski definition) is 5. The van der Waals surface area contributed by atoms with Crippen LogP contribution in [0, 0.1) is 0 Å². The van der Waals surface area contributed by atoms with Crippen molar-refractivity contribution in [1.82, 2.24) is 10.3 Å². The first-order valence-electron chi connectivity index (χ1n) is 5.90. The number of aliphatic hydroxyl groups excluding tert-OH is 1. The molecular weight excluding hydrogens is 262 g/mol. The third kappa shape index (κ3) is 4.04. The van der Waals surface area contributed by atoms with Gasteiger partial charge in [0.05, 0.1) is 18.7 Å². The number of aliphatic hydroxyl groups is 1. The summed E-state index contributed by atoms with van der Waals surface area (Å²) in [4.78, 5) is 16.8. The minimum Gasteiger partial charge on any atom is -0.395 e. The summed E-state index contributed by atoms with van der Waals surface area (Å²) in [7, 11) is 0. The number of amides is 1. The van der Waals surface area contributed by atoms with E-state index in [1.54, 1.807) is 29.0 Å². The lowest BCUT2D eigenvalue weighted by atomic mass is 10.2. The predicted octanol–water partition coefficient (Wildman–Crippen LogP) is 1.48.